The number of nitrogen functional groups attached to an aromatic ring is 1. The van der Waals surface area contributed by atoms with Gasteiger partial charge in [0.2, 0.25) is 0 Å². The van der Waals surface area contributed by atoms with Crippen LogP contribution in [0.2, 0.25) is 0 Å². The number of benzene rings is 1. The Kier molecular flexibility index (Phi) is 3.14. The van der Waals surface area contributed by atoms with Crippen LogP contribution in [0.25, 0.3) is 0 Å². The average Bonchev–Trinajstić information content (AvgIpc) is 2.46. The third-order valence-electron chi connectivity index (χ3n) is 3.68. The molecule has 3 rings (SSSR count). The summed E-state index contributed by atoms with van der Waals surface area (Å²) in [6, 6.07) is 12.3. The molecule has 0 amide bonds. The predicted octanol–water partition coefficient (Wildman–Crippen LogP) is 2.70. The minimum atomic E-state index is 0.0523. The maximum Gasteiger partial charge on any atom is 0.132 e. The second-order valence-corrected chi connectivity index (χ2v) is 5.37. The fraction of sp³-hybridized carbons (Fsp3) is 0.250. The zero-order valence-electron chi connectivity index (χ0n) is 11.5. The van der Waals surface area contributed by atoms with Gasteiger partial charge in [-0.05, 0) is 36.1 Å². The summed E-state index contributed by atoms with van der Waals surface area (Å²) in [5.41, 5.74) is 8.72. The van der Waals surface area contributed by atoms with Gasteiger partial charge in [-0.15, -0.1) is 0 Å². The van der Waals surface area contributed by atoms with Gasteiger partial charge in [-0.1, -0.05) is 25.1 Å². The van der Waals surface area contributed by atoms with Crippen LogP contribution in [0.3, 0.4) is 0 Å². The van der Waals surface area contributed by atoms with Crippen molar-refractivity contribution in [1.29, 1.82) is 5.41 Å². The van der Waals surface area contributed by atoms with E-state index in [2.05, 4.69) is 41.1 Å². The molecule has 2 heterocycles. The van der Waals surface area contributed by atoms with E-state index in [1.54, 1.807) is 6.20 Å². The number of amidine groups is 1. The fourth-order valence-corrected chi connectivity index (χ4v) is 2.72. The van der Waals surface area contributed by atoms with Gasteiger partial charge in [0.1, 0.15) is 11.7 Å². The van der Waals surface area contributed by atoms with Crippen LogP contribution in [0.5, 0.6) is 0 Å². The Balaban J connectivity index is 1.99. The van der Waals surface area contributed by atoms with E-state index in [0.717, 1.165) is 18.8 Å². The number of fused-ring (bicyclic) bond motifs is 1. The van der Waals surface area contributed by atoms with Crippen LogP contribution in [-0.4, -0.2) is 17.4 Å². The van der Waals surface area contributed by atoms with Gasteiger partial charge in [0.25, 0.3) is 0 Å². The molecule has 1 aromatic heterocycles. The molecular formula is C16H18N4. The van der Waals surface area contributed by atoms with Gasteiger partial charge in [-0.3, -0.25) is 5.41 Å². The zero-order valence-corrected chi connectivity index (χ0v) is 11.5. The summed E-state index contributed by atoms with van der Waals surface area (Å²) in [5.74, 6) is 1.56. The van der Waals surface area contributed by atoms with E-state index in [4.69, 9.17) is 11.1 Å². The molecule has 0 saturated heterocycles. The van der Waals surface area contributed by atoms with Crippen molar-refractivity contribution in [3.63, 3.8) is 0 Å². The minimum absolute atomic E-state index is 0.0523. The summed E-state index contributed by atoms with van der Waals surface area (Å²) >= 11 is 0. The monoisotopic (exact) mass is 266 g/mol. The molecule has 4 heteroatoms. The second-order valence-electron chi connectivity index (χ2n) is 5.37. The van der Waals surface area contributed by atoms with E-state index in [1.165, 1.54) is 11.3 Å². The Morgan fingerprint density at radius 2 is 2.10 bits per heavy atom. The third-order valence-corrected chi connectivity index (χ3v) is 3.68. The minimum Gasteiger partial charge on any atom is -0.384 e. The summed E-state index contributed by atoms with van der Waals surface area (Å²) in [6.45, 7) is 3.22. The van der Waals surface area contributed by atoms with Crippen molar-refractivity contribution in [1.82, 2.24) is 4.98 Å². The maximum absolute atomic E-state index is 7.42. The van der Waals surface area contributed by atoms with Gasteiger partial charge in [-0.25, -0.2) is 4.98 Å². The van der Waals surface area contributed by atoms with Crippen LogP contribution in [0.4, 0.5) is 11.5 Å². The second kappa shape index (κ2) is 4.96. The summed E-state index contributed by atoms with van der Waals surface area (Å²) < 4.78 is 0. The van der Waals surface area contributed by atoms with E-state index < -0.39 is 0 Å². The SMILES string of the molecule is CC1Cc2ccccc2N(c2ccc(C(=N)N)cn2)C1. The third kappa shape index (κ3) is 2.25. The molecule has 20 heavy (non-hydrogen) atoms. The molecule has 1 aromatic carbocycles. The predicted molar refractivity (Wildman–Crippen MR) is 81.6 cm³/mol. The summed E-state index contributed by atoms with van der Waals surface area (Å²) in [7, 11) is 0. The van der Waals surface area contributed by atoms with Gasteiger partial charge in [0.15, 0.2) is 0 Å². The normalized spacial score (nSPS) is 17.6. The van der Waals surface area contributed by atoms with Crippen LogP contribution in [0, 0.1) is 11.3 Å². The molecule has 1 aliphatic rings. The molecule has 0 spiro atoms. The van der Waals surface area contributed by atoms with Gasteiger partial charge in [-0.2, -0.15) is 0 Å². The van der Waals surface area contributed by atoms with Crippen LogP contribution in [0.1, 0.15) is 18.1 Å². The van der Waals surface area contributed by atoms with E-state index in [0.29, 0.717) is 11.5 Å². The van der Waals surface area contributed by atoms with Crippen molar-refractivity contribution in [3.05, 3.63) is 53.7 Å². The molecule has 4 nitrogen and oxygen atoms in total. The number of hydrogen-bond donors (Lipinski definition) is 2. The highest BCUT2D eigenvalue weighted by Gasteiger charge is 2.23. The van der Waals surface area contributed by atoms with Crippen molar-refractivity contribution in [3.8, 4) is 0 Å². The first-order valence-corrected chi connectivity index (χ1v) is 6.81. The lowest BCUT2D eigenvalue weighted by molar-refractivity contribution is 0.560. The number of rotatable bonds is 2. The molecule has 0 saturated carbocycles. The Morgan fingerprint density at radius 1 is 1.30 bits per heavy atom. The topological polar surface area (TPSA) is 66.0 Å². The summed E-state index contributed by atoms with van der Waals surface area (Å²) in [5, 5.41) is 7.42. The number of nitrogens with one attached hydrogen (secondary N) is 1. The van der Waals surface area contributed by atoms with Crippen molar-refractivity contribution < 1.29 is 0 Å². The van der Waals surface area contributed by atoms with Crippen LogP contribution >= 0.6 is 0 Å². The largest absolute Gasteiger partial charge is 0.384 e. The molecule has 1 aliphatic heterocycles. The first kappa shape index (κ1) is 12.7. The Labute approximate surface area is 118 Å². The number of para-hydroxylation sites is 1. The van der Waals surface area contributed by atoms with Crippen LogP contribution in [0.15, 0.2) is 42.6 Å². The zero-order chi connectivity index (χ0) is 14.1. The maximum atomic E-state index is 7.42. The molecular weight excluding hydrogens is 248 g/mol. The lowest BCUT2D eigenvalue weighted by Crippen LogP contribution is -2.31. The fourth-order valence-electron chi connectivity index (χ4n) is 2.72. The molecule has 0 fully saturated rings. The highest BCUT2D eigenvalue weighted by molar-refractivity contribution is 5.94. The van der Waals surface area contributed by atoms with Gasteiger partial charge >= 0.3 is 0 Å². The Bertz CT molecular complexity index is 633. The molecule has 102 valence electrons. The molecule has 2 aromatic rings. The smallest absolute Gasteiger partial charge is 0.132 e. The Hall–Kier alpha value is -2.36. The van der Waals surface area contributed by atoms with Gasteiger partial charge < -0.3 is 10.6 Å². The number of anilines is 2. The Morgan fingerprint density at radius 3 is 2.80 bits per heavy atom. The van der Waals surface area contributed by atoms with Crippen molar-refractivity contribution >= 4 is 17.3 Å². The first-order valence-electron chi connectivity index (χ1n) is 6.81. The molecule has 1 atom stereocenters. The lowest BCUT2D eigenvalue weighted by Gasteiger charge is -2.34. The molecule has 1 unspecified atom stereocenters. The quantitative estimate of drug-likeness (QED) is 0.648. The number of nitrogens with zero attached hydrogens (tertiary/aromatic N) is 2. The van der Waals surface area contributed by atoms with Crippen molar-refractivity contribution in [2.75, 3.05) is 11.4 Å². The summed E-state index contributed by atoms with van der Waals surface area (Å²) in [4.78, 5) is 6.71. The van der Waals surface area contributed by atoms with Gasteiger partial charge in [0, 0.05) is 24.0 Å². The highest BCUT2D eigenvalue weighted by Crippen LogP contribution is 2.34. The average molecular weight is 266 g/mol. The standard InChI is InChI=1S/C16H18N4/c1-11-8-12-4-2-3-5-14(12)20(10-11)15-7-6-13(9-19-15)16(17)18/h2-7,9,11H,8,10H2,1H3,(H3,17,18). The summed E-state index contributed by atoms with van der Waals surface area (Å²) in [6.07, 6.45) is 2.78. The molecule has 0 bridgehead atoms. The van der Waals surface area contributed by atoms with E-state index >= 15 is 0 Å². The van der Waals surface area contributed by atoms with Crippen LogP contribution < -0.4 is 10.6 Å². The number of hydrogen-bond acceptors (Lipinski definition) is 3. The number of nitrogens with two attached hydrogens (primary N) is 1. The first-order chi connectivity index (χ1) is 9.65. The van der Waals surface area contributed by atoms with Crippen molar-refractivity contribution in [2.24, 2.45) is 11.7 Å². The number of pyridine rings is 1. The van der Waals surface area contributed by atoms with Crippen LogP contribution in [-0.2, 0) is 6.42 Å². The molecule has 0 radical (unpaired) electrons. The highest BCUT2D eigenvalue weighted by atomic mass is 15.2. The van der Waals surface area contributed by atoms with E-state index in [-0.39, 0.29) is 5.84 Å². The molecule has 3 N–H and O–H groups in total. The van der Waals surface area contributed by atoms with Gasteiger partial charge in [0.05, 0.1) is 0 Å². The number of aromatic nitrogens is 1. The van der Waals surface area contributed by atoms with E-state index in [9.17, 15) is 0 Å². The van der Waals surface area contributed by atoms with Crippen molar-refractivity contribution in [2.45, 2.75) is 13.3 Å². The molecule has 0 aliphatic carbocycles. The lowest BCUT2D eigenvalue weighted by atomic mass is 9.94. The van der Waals surface area contributed by atoms with E-state index in [1.807, 2.05) is 12.1 Å².